The van der Waals surface area contributed by atoms with Crippen LogP contribution < -0.4 is 9.47 Å². The van der Waals surface area contributed by atoms with E-state index in [0.717, 1.165) is 17.7 Å². The smallest absolute Gasteiger partial charge is 0.410 e. The first kappa shape index (κ1) is 27.8. The van der Waals surface area contributed by atoms with Crippen LogP contribution in [0.5, 0.6) is 11.5 Å². The van der Waals surface area contributed by atoms with Gasteiger partial charge in [0.25, 0.3) is 0 Å². The molecule has 1 saturated heterocycles. The third-order valence-electron chi connectivity index (χ3n) is 5.86. The molecule has 1 aliphatic heterocycles. The quantitative estimate of drug-likeness (QED) is 0.461. The summed E-state index contributed by atoms with van der Waals surface area (Å²) >= 11 is 0. The van der Waals surface area contributed by atoms with Crippen LogP contribution in [-0.4, -0.2) is 62.2 Å². The number of likely N-dealkylation sites (tertiary alicyclic amines) is 1. The lowest BCUT2D eigenvalue weighted by Gasteiger charge is -2.39. The first-order valence-corrected chi connectivity index (χ1v) is 13.8. The minimum absolute atomic E-state index is 0.176. The molecule has 3 rings (SSSR count). The Labute approximate surface area is 215 Å². The molecule has 2 aromatic carbocycles. The lowest BCUT2D eigenvalue weighted by atomic mass is 10.1. The summed E-state index contributed by atoms with van der Waals surface area (Å²) in [7, 11) is -2.33. The molecule has 0 bridgehead atoms. The van der Waals surface area contributed by atoms with E-state index in [1.165, 1.54) is 11.4 Å². The van der Waals surface area contributed by atoms with Crippen molar-refractivity contribution >= 4 is 16.1 Å². The van der Waals surface area contributed by atoms with Gasteiger partial charge in [0.05, 0.1) is 18.6 Å². The van der Waals surface area contributed by atoms with Gasteiger partial charge in [0.15, 0.2) is 0 Å². The Balaban J connectivity index is 1.89. The monoisotopic (exact) mass is 518 g/mol. The number of carbonyl (C=O) groups is 1. The van der Waals surface area contributed by atoms with Gasteiger partial charge < -0.3 is 19.1 Å². The molecule has 36 heavy (non-hydrogen) atoms. The van der Waals surface area contributed by atoms with E-state index >= 15 is 0 Å². The number of methoxy groups -OCH3 is 1. The van der Waals surface area contributed by atoms with Crippen LogP contribution in [0.4, 0.5) is 4.79 Å². The van der Waals surface area contributed by atoms with Gasteiger partial charge in [0.2, 0.25) is 10.0 Å². The van der Waals surface area contributed by atoms with Crippen molar-refractivity contribution in [2.45, 2.75) is 70.0 Å². The fraction of sp³-hybridized carbons (Fsp3) is 0.519. The van der Waals surface area contributed by atoms with Gasteiger partial charge in [-0.3, -0.25) is 0 Å². The van der Waals surface area contributed by atoms with Crippen molar-refractivity contribution in [2.24, 2.45) is 0 Å². The third-order valence-corrected chi connectivity index (χ3v) is 7.77. The van der Waals surface area contributed by atoms with E-state index < -0.39 is 27.8 Å². The highest BCUT2D eigenvalue weighted by molar-refractivity contribution is 7.89. The summed E-state index contributed by atoms with van der Waals surface area (Å²) in [5.41, 5.74) is 0.214. The number of ether oxygens (including phenoxy) is 3. The van der Waals surface area contributed by atoms with E-state index in [2.05, 4.69) is 0 Å². The minimum Gasteiger partial charge on any atom is -0.497 e. The van der Waals surface area contributed by atoms with Crippen LogP contribution in [0, 0.1) is 0 Å². The summed E-state index contributed by atoms with van der Waals surface area (Å²) in [6.07, 6.45) is 1.81. The Morgan fingerprint density at radius 1 is 1.06 bits per heavy atom. The molecule has 0 aliphatic carbocycles. The second-order valence-corrected chi connectivity index (χ2v) is 11.8. The van der Waals surface area contributed by atoms with Crippen LogP contribution >= 0.6 is 0 Å². The van der Waals surface area contributed by atoms with E-state index in [0.29, 0.717) is 31.7 Å². The molecule has 0 aromatic heterocycles. The molecule has 1 unspecified atom stereocenters. The van der Waals surface area contributed by atoms with Crippen molar-refractivity contribution in [3.8, 4) is 11.5 Å². The Bertz CT molecular complexity index is 1090. The molecule has 0 spiro atoms. The molecule has 0 saturated carbocycles. The number of rotatable bonds is 9. The van der Waals surface area contributed by atoms with Gasteiger partial charge in [-0.2, -0.15) is 4.31 Å². The number of piperidine rings is 1. The largest absolute Gasteiger partial charge is 0.497 e. The highest BCUT2D eigenvalue weighted by Crippen LogP contribution is 2.28. The number of amides is 1. The fourth-order valence-electron chi connectivity index (χ4n) is 4.07. The van der Waals surface area contributed by atoms with E-state index in [9.17, 15) is 13.2 Å². The highest BCUT2D eigenvalue weighted by atomic mass is 32.2. The SMILES string of the molecule is CCCOc1ccc(CN(C2CCCN(C(=O)OC(C)(C)C)C2)S(=O)(=O)c2ccc(OC)cc2)cc1. The second kappa shape index (κ2) is 12.0. The lowest BCUT2D eigenvalue weighted by Crippen LogP contribution is -2.52. The van der Waals surface area contributed by atoms with E-state index in [-0.39, 0.29) is 18.0 Å². The summed E-state index contributed by atoms with van der Waals surface area (Å²) < 4.78 is 45.7. The highest BCUT2D eigenvalue weighted by Gasteiger charge is 2.36. The van der Waals surface area contributed by atoms with Crippen molar-refractivity contribution in [2.75, 3.05) is 26.8 Å². The zero-order valence-corrected chi connectivity index (χ0v) is 22.7. The molecule has 0 N–H and O–H groups in total. The molecule has 1 fully saturated rings. The molecular weight excluding hydrogens is 480 g/mol. The Morgan fingerprint density at radius 2 is 1.69 bits per heavy atom. The van der Waals surface area contributed by atoms with Gasteiger partial charge in [0.1, 0.15) is 17.1 Å². The molecule has 1 heterocycles. The zero-order valence-electron chi connectivity index (χ0n) is 21.9. The summed E-state index contributed by atoms with van der Waals surface area (Å²) in [6.45, 7) is 9.10. The maximum Gasteiger partial charge on any atom is 0.410 e. The average molecular weight is 519 g/mol. The number of sulfonamides is 1. The summed E-state index contributed by atoms with van der Waals surface area (Å²) in [5.74, 6) is 1.33. The molecule has 9 heteroatoms. The summed E-state index contributed by atoms with van der Waals surface area (Å²) in [5, 5.41) is 0. The lowest BCUT2D eigenvalue weighted by molar-refractivity contribution is 0.0152. The van der Waals surface area contributed by atoms with E-state index in [1.54, 1.807) is 29.2 Å². The Kier molecular flexibility index (Phi) is 9.24. The van der Waals surface area contributed by atoms with E-state index in [4.69, 9.17) is 14.2 Å². The molecule has 1 amide bonds. The average Bonchev–Trinajstić information content (AvgIpc) is 2.85. The van der Waals surface area contributed by atoms with Crippen LogP contribution in [0.1, 0.15) is 52.5 Å². The summed E-state index contributed by atoms with van der Waals surface area (Å²) in [6, 6.07) is 13.5. The van der Waals surface area contributed by atoms with Crippen LogP contribution in [0.3, 0.4) is 0 Å². The van der Waals surface area contributed by atoms with Crippen LogP contribution in [0.15, 0.2) is 53.4 Å². The second-order valence-electron chi connectivity index (χ2n) is 9.94. The third kappa shape index (κ3) is 7.36. The molecule has 0 radical (unpaired) electrons. The van der Waals surface area contributed by atoms with Crippen molar-refractivity contribution in [1.82, 2.24) is 9.21 Å². The molecule has 8 nitrogen and oxygen atoms in total. The minimum atomic E-state index is -3.86. The molecular formula is C27H38N2O6S. The molecule has 1 aliphatic rings. The van der Waals surface area contributed by atoms with Gasteiger partial charge in [0, 0.05) is 25.7 Å². The van der Waals surface area contributed by atoms with Gasteiger partial charge in [-0.15, -0.1) is 0 Å². The van der Waals surface area contributed by atoms with Crippen molar-refractivity contribution in [3.05, 3.63) is 54.1 Å². The summed E-state index contributed by atoms with van der Waals surface area (Å²) in [4.78, 5) is 14.6. The normalized spacial score (nSPS) is 16.6. The maximum absolute atomic E-state index is 13.9. The zero-order chi connectivity index (χ0) is 26.3. The van der Waals surface area contributed by atoms with Crippen molar-refractivity contribution in [3.63, 3.8) is 0 Å². The number of hydrogen-bond acceptors (Lipinski definition) is 6. The van der Waals surface area contributed by atoms with Gasteiger partial charge >= 0.3 is 6.09 Å². The van der Waals surface area contributed by atoms with Gasteiger partial charge in [-0.1, -0.05) is 19.1 Å². The van der Waals surface area contributed by atoms with Gasteiger partial charge in [-0.25, -0.2) is 13.2 Å². The molecule has 198 valence electrons. The number of nitrogens with zero attached hydrogens (tertiary/aromatic N) is 2. The Hall–Kier alpha value is -2.78. The predicted molar refractivity (Wildman–Crippen MR) is 139 cm³/mol. The number of carbonyl (C=O) groups excluding carboxylic acids is 1. The maximum atomic E-state index is 13.9. The standard InChI is InChI=1S/C27H38N2O6S/c1-6-18-34-24-11-9-21(10-12-24)19-29(36(31,32)25-15-13-23(33-5)14-16-25)22-8-7-17-28(20-22)26(30)35-27(2,3)4/h9-16,22H,6-8,17-20H2,1-5H3. The number of hydrogen-bond donors (Lipinski definition) is 0. The van der Waals surface area contributed by atoms with E-state index in [1.807, 2.05) is 52.0 Å². The van der Waals surface area contributed by atoms with Crippen LogP contribution in [0.25, 0.3) is 0 Å². The molecule has 1 atom stereocenters. The van der Waals surface area contributed by atoms with Crippen molar-refractivity contribution in [1.29, 1.82) is 0 Å². The van der Waals surface area contributed by atoms with Gasteiger partial charge in [-0.05, 0) is 82.0 Å². The van der Waals surface area contributed by atoms with Crippen LogP contribution in [0.2, 0.25) is 0 Å². The van der Waals surface area contributed by atoms with Crippen LogP contribution in [-0.2, 0) is 21.3 Å². The Morgan fingerprint density at radius 3 is 2.28 bits per heavy atom. The predicted octanol–water partition coefficient (Wildman–Crippen LogP) is 5.07. The fourth-order valence-corrected chi connectivity index (χ4v) is 5.70. The first-order chi connectivity index (χ1) is 17.0. The first-order valence-electron chi connectivity index (χ1n) is 12.4. The number of benzene rings is 2. The molecule has 2 aromatic rings. The van der Waals surface area contributed by atoms with Crippen molar-refractivity contribution < 1.29 is 27.4 Å². The topological polar surface area (TPSA) is 85.4 Å².